The molecule has 0 heterocycles. The fourth-order valence-electron chi connectivity index (χ4n) is 1.66. The molecule has 0 aliphatic rings. The molecule has 0 aliphatic carbocycles. The first kappa shape index (κ1) is 15.6. The molecule has 0 aromatic heterocycles. The van der Waals surface area contributed by atoms with Gasteiger partial charge in [0.25, 0.3) is 0 Å². The van der Waals surface area contributed by atoms with E-state index < -0.39 is 0 Å². The molecule has 0 fully saturated rings. The van der Waals surface area contributed by atoms with Crippen molar-refractivity contribution in [1.82, 2.24) is 9.80 Å². The Bertz CT molecular complexity index is 120. The van der Waals surface area contributed by atoms with Crippen molar-refractivity contribution in [1.29, 1.82) is 0 Å². The van der Waals surface area contributed by atoms with Gasteiger partial charge in [0, 0.05) is 24.6 Å². The zero-order valence-electron chi connectivity index (χ0n) is 10.2. The first-order valence-electron chi connectivity index (χ1n) is 5.94. The summed E-state index contributed by atoms with van der Waals surface area (Å²) >= 11 is 8.53. The van der Waals surface area contributed by atoms with Crippen LogP contribution >= 0.6 is 25.3 Å². The molecular formula is C11H26N2S2. The van der Waals surface area contributed by atoms with E-state index in [0.717, 1.165) is 37.7 Å². The largest absolute Gasteiger partial charge is 0.303 e. The van der Waals surface area contributed by atoms with E-state index in [-0.39, 0.29) is 0 Å². The molecule has 92 valence electrons. The van der Waals surface area contributed by atoms with Gasteiger partial charge >= 0.3 is 0 Å². The normalized spacial score (nSPS) is 11.6. The second kappa shape index (κ2) is 11.1. The third-order valence-electron chi connectivity index (χ3n) is 2.68. The summed E-state index contributed by atoms with van der Waals surface area (Å²) in [6, 6.07) is 0. The van der Waals surface area contributed by atoms with Crippen molar-refractivity contribution in [2.75, 3.05) is 50.8 Å². The van der Waals surface area contributed by atoms with Crippen molar-refractivity contribution in [2.24, 2.45) is 0 Å². The SMILES string of the molecule is CCN(CCS)CCCN(CC)CCS. The van der Waals surface area contributed by atoms with Gasteiger partial charge < -0.3 is 9.80 Å². The maximum Gasteiger partial charge on any atom is 0.00697 e. The van der Waals surface area contributed by atoms with Gasteiger partial charge in [0.2, 0.25) is 0 Å². The van der Waals surface area contributed by atoms with E-state index in [1.54, 1.807) is 0 Å². The van der Waals surface area contributed by atoms with Gasteiger partial charge in [-0.3, -0.25) is 0 Å². The number of rotatable bonds is 10. The molecule has 0 radical (unpaired) electrons. The first-order chi connectivity index (χ1) is 7.28. The second-order valence-corrected chi connectivity index (χ2v) is 4.56. The summed E-state index contributed by atoms with van der Waals surface area (Å²) in [5.41, 5.74) is 0. The maximum absolute atomic E-state index is 4.27. The summed E-state index contributed by atoms with van der Waals surface area (Å²) in [5, 5.41) is 0. The van der Waals surface area contributed by atoms with Crippen molar-refractivity contribution in [3.63, 3.8) is 0 Å². The lowest BCUT2D eigenvalue weighted by molar-refractivity contribution is 0.253. The summed E-state index contributed by atoms with van der Waals surface area (Å²) in [6.07, 6.45) is 1.25. The molecule has 0 aromatic carbocycles. The van der Waals surface area contributed by atoms with Crippen LogP contribution in [0.2, 0.25) is 0 Å². The van der Waals surface area contributed by atoms with Gasteiger partial charge in [-0.25, -0.2) is 0 Å². The van der Waals surface area contributed by atoms with E-state index in [2.05, 4.69) is 48.9 Å². The zero-order valence-corrected chi connectivity index (χ0v) is 11.9. The van der Waals surface area contributed by atoms with Gasteiger partial charge in [-0.1, -0.05) is 13.8 Å². The van der Waals surface area contributed by atoms with E-state index in [9.17, 15) is 0 Å². The summed E-state index contributed by atoms with van der Waals surface area (Å²) < 4.78 is 0. The lowest BCUT2D eigenvalue weighted by Gasteiger charge is -2.23. The van der Waals surface area contributed by atoms with E-state index >= 15 is 0 Å². The minimum Gasteiger partial charge on any atom is -0.303 e. The molecule has 15 heavy (non-hydrogen) atoms. The monoisotopic (exact) mass is 250 g/mol. The van der Waals surface area contributed by atoms with Crippen LogP contribution in [-0.4, -0.2) is 60.6 Å². The Kier molecular flexibility index (Phi) is 11.6. The van der Waals surface area contributed by atoms with Crippen molar-refractivity contribution in [2.45, 2.75) is 20.3 Å². The highest BCUT2D eigenvalue weighted by atomic mass is 32.1. The molecule has 0 rings (SSSR count). The molecule has 0 bridgehead atoms. The van der Waals surface area contributed by atoms with E-state index in [0.29, 0.717) is 0 Å². The average molecular weight is 250 g/mol. The predicted octanol–water partition coefficient (Wildman–Crippen LogP) is 1.88. The van der Waals surface area contributed by atoms with E-state index in [1.807, 2.05) is 0 Å². The Morgan fingerprint density at radius 2 is 1.13 bits per heavy atom. The summed E-state index contributed by atoms with van der Waals surface area (Å²) in [4.78, 5) is 4.92. The minimum absolute atomic E-state index is 0.960. The first-order valence-corrected chi connectivity index (χ1v) is 7.21. The summed E-state index contributed by atoms with van der Waals surface area (Å²) in [7, 11) is 0. The molecule has 4 heteroatoms. The highest BCUT2D eigenvalue weighted by Gasteiger charge is 2.03. The Hall–Kier alpha value is 0.620. The fraction of sp³-hybridized carbons (Fsp3) is 1.00. The molecule has 0 spiro atoms. The molecule has 0 atom stereocenters. The lowest BCUT2D eigenvalue weighted by atomic mass is 10.3. The van der Waals surface area contributed by atoms with Gasteiger partial charge in [-0.2, -0.15) is 25.3 Å². The third kappa shape index (κ3) is 8.43. The van der Waals surface area contributed by atoms with Gasteiger partial charge in [0.15, 0.2) is 0 Å². The quantitative estimate of drug-likeness (QED) is 0.572. The van der Waals surface area contributed by atoms with E-state index in [4.69, 9.17) is 0 Å². The Labute approximate surface area is 106 Å². The van der Waals surface area contributed by atoms with Crippen LogP contribution in [0, 0.1) is 0 Å². The molecule has 0 aromatic rings. The van der Waals surface area contributed by atoms with Crippen LogP contribution in [0.25, 0.3) is 0 Å². The van der Waals surface area contributed by atoms with Crippen LogP contribution in [0.4, 0.5) is 0 Å². The molecule has 0 aliphatic heterocycles. The number of thiol groups is 2. The smallest absolute Gasteiger partial charge is 0.00697 e. The van der Waals surface area contributed by atoms with Crippen LogP contribution in [0.1, 0.15) is 20.3 Å². The van der Waals surface area contributed by atoms with Crippen molar-refractivity contribution in [3.05, 3.63) is 0 Å². The molecule has 0 unspecified atom stereocenters. The third-order valence-corrected chi connectivity index (χ3v) is 3.08. The Morgan fingerprint density at radius 1 is 0.733 bits per heavy atom. The fourth-order valence-corrected chi connectivity index (χ4v) is 2.22. The molecule has 2 nitrogen and oxygen atoms in total. The standard InChI is InChI=1S/C11H26N2S2/c1-3-12(8-10-14)6-5-7-13(4-2)9-11-15/h14-15H,3-11H2,1-2H3. The van der Waals surface area contributed by atoms with Gasteiger partial charge in [0.05, 0.1) is 0 Å². The van der Waals surface area contributed by atoms with Crippen molar-refractivity contribution in [3.8, 4) is 0 Å². The highest BCUT2D eigenvalue weighted by Crippen LogP contribution is 1.96. The average Bonchev–Trinajstić information content (AvgIpc) is 2.26. The molecule has 0 amide bonds. The Balaban J connectivity index is 3.55. The number of nitrogens with zero attached hydrogens (tertiary/aromatic N) is 2. The second-order valence-electron chi connectivity index (χ2n) is 3.67. The topological polar surface area (TPSA) is 6.48 Å². The number of hydrogen-bond donors (Lipinski definition) is 2. The minimum atomic E-state index is 0.960. The van der Waals surface area contributed by atoms with Crippen LogP contribution in [0.5, 0.6) is 0 Å². The van der Waals surface area contributed by atoms with Gasteiger partial charge in [-0.15, -0.1) is 0 Å². The zero-order chi connectivity index (χ0) is 11.5. The van der Waals surface area contributed by atoms with Gasteiger partial charge in [0.1, 0.15) is 0 Å². The summed E-state index contributed by atoms with van der Waals surface area (Å²) in [5.74, 6) is 1.92. The van der Waals surface area contributed by atoms with Crippen LogP contribution in [0.3, 0.4) is 0 Å². The van der Waals surface area contributed by atoms with E-state index in [1.165, 1.54) is 19.5 Å². The maximum atomic E-state index is 4.27. The molecule has 0 N–H and O–H groups in total. The van der Waals surface area contributed by atoms with Crippen molar-refractivity contribution >= 4 is 25.3 Å². The number of hydrogen-bond acceptors (Lipinski definition) is 4. The van der Waals surface area contributed by atoms with Crippen LogP contribution in [-0.2, 0) is 0 Å². The predicted molar refractivity (Wildman–Crippen MR) is 76.6 cm³/mol. The van der Waals surface area contributed by atoms with Crippen molar-refractivity contribution < 1.29 is 0 Å². The Morgan fingerprint density at radius 3 is 1.40 bits per heavy atom. The summed E-state index contributed by atoms with van der Waals surface area (Å²) in [6.45, 7) is 11.3. The molecule has 0 saturated heterocycles. The molecule has 0 saturated carbocycles. The highest BCUT2D eigenvalue weighted by molar-refractivity contribution is 7.80. The molecular weight excluding hydrogens is 224 g/mol. The van der Waals surface area contributed by atoms with Crippen LogP contribution in [0.15, 0.2) is 0 Å². The van der Waals surface area contributed by atoms with Gasteiger partial charge in [-0.05, 0) is 32.6 Å². The van der Waals surface area contributed by atoms with Crippen LogP contribution < -0.4 is 0 Å². The lowest BCUT2D eigenvalue weighted by Crippen LogP contribution is -2.32.